The largest absolute Gasteiger partial charge is 0.271 e. The second kappa shape index (κ2) is 6.01. The summed E-state index contributed by atoms with van der Waals surface area (Å²) in [7, 11) is 0. The smallest absolute Gasteiger partial charge is 0.0596 e. The topological polar surface area (TPSA) is 55.9 Å². The molecule has 16 heavy (non-hydrogen) atoms. The Morgan fingerprint density at radius 1 is 1.50 bits per heavy atom. The van der Waals surface area contributed by atoms with Crippen LogP contribution in [0.15, 0.2) is 6.07 Å². The lowest BCUT2D eigenvalue weighted by molar-refractivity contribution is 0.362. The number of rotatable bonds is 6. The van der Waals surface area contributed by atoms with Crippen LogP contribution in [0.5, 0.6) is 0 Å². The van der Waals surface area contributed by atoms with Gasteiger partial charge in [-0.25, -0.2) is 0 Å². The highest BCUT2D eigenvalue weighted by molar-refractivity contribution is 5.10. The van der Waals surface area contributed by atoms with E-state index in [1.54, 1.807) is 0 Å². The van der Waals surface area contributed by atoms with Crippen molar-refractivity contribution in [3.05, 3.63) is 17.5 Å². The first-order valence-corrected chi connectivity index (χ1v) is 6.11. The van der Waals surface area contributed by atoms with E-state index in [-0.39, 0.29) is 0 Å². The van der Waals surface area contributed by atoms with E-state index in [4.69, 9.17) is 5.84 Å². The van der Waals surface area contributed by atoms with Crippen molar-refractivity contribution in [2.45, 2.75) is 53.1 Å². The molecule has 3 N–H and O–H groups in total. The third-order valence-corrected chi connectivity index (χ3v) is 3.26. The van der Waals surface area contributed by atoms with Crippen LogP contribution in [0, 0.1) is 12.8 Å². The molecule has 4 heteroatoms. The molecule has 1 aromatic heterocycles. The predicted molar refractivity (Wildman–Crippen MR) is 66.9 cm³/mol. The molecule has 0 aromatic carbocycles. The fourth-order valence-electron chi connectivity index (χ4n) is 1.97. The van der Waals surface area contributed by atoms with E-state index in [2.05, 4.69) is 42.0 Å². The van der Waals surface area contributed by atoms with Gasteiger partial charge in [-0.05, 0) is 25.8 Å². The summed E-state index contributed by atoms with van der Waals surface area (Å²) in [6.45, 7) is 9.48. The van der Waals surface area contributed by atoms with Crippen molar-refractivity contribution in [2.75, 3.05) is 0 Å². The van der Waals surface area contributed by atoms with E-state index >= 15 is 0 Å². The first kappa shape index (κ1) is 13.2. The highest BCUT2D eigenvalue weighted by Crippen LogP contribution is 2.14. The van der Waals surface area contributed by atoms with Crippen molar-refractivity contribution in [3.8, 4) is 0 Å². The van der Waals surface area contributed by atoms with Gasteiger partial charge in [0.2, 0.25) is 0 Å². The molecular weight excluding hydrogens is 200 g/mol. The second-order valence-electron chi connectivity index (χ2n) is 4.46. The number of aromatic nitrogens is 2. The van der Waals surface area contributed by atoms with Gasteiger partial charge in [0.1, 0.15) is 0 Å². The van der Waals surface area contributed by atoms with Gasteiger partial charge in [-0.1, -0.05) is 20.3 Å². The number of hydrogen-bond acceptors (Lipinski definition) is 3. The molecule has 0 saturated carbocycles. The van der Waals surface area contributed by atoms with Gasteiger partial charge in [0.15, 0.2) is 0 Å². The minimum absolute atomic E-state index is 0.325. The molecule has 0 aliphatic carbocycles. The average molecular weight is 224 g/mol. The van der Waals surface area contributed by atoms with Crippen LogP contribution in [0.3, 0.4) is 0 Å². The molecule has 1 rings (SSSR count). The molecule has 1 heterocycles. The maximum Gasteiger partial charge on any atom is 0.0596 e. The molecular formula is C12H24N4. The first-order chi connectivity index (χ1) is 7.62. The molecule has 0 aliphatic rings. The highest BCUT2D eigenvalue weighted by atomic mass is 15.3. The summed E-state index contributed by atoms with van der Waals surface area (Å²) in [4.78, 5) is 0. The zero-order chi connectivity index (χ0) is 12.1. The van der Waals surface area contributed by atoms with Gasteiger partial charge in [0.25, 0.3) is 0 Å². The van der Waals surface area contributed by atoms with Gasteiger partial charge in [0.05, 0.1) is 5.69 Å². The summed E-state index contributed by atoms with van der Waals surface area (Å²) >= 11 is 0. The van der Waals surface area contributed by atoms with E-state index in [9.17, 15) is 0 Å². The highest BCUT2D eigenvalue weighted by Gasteiger charge is 2.17. The number of aryl methyl sites for hydroxylation is 2. The number of nitrogens with one attached hydrogen (secondary N) is 1. The normalized spacial score (nSPS) is 15.1. The van der Waals surface area contributed by atoms with Crippen LogP contribution < -0.4 is 11.3 Å². The van der Waals surface area contributed by atoms with Crippen LogP contribution in [0.2, 0.25) is 0 Å². The summed E-state index contributed by atoms with van der Waals surface area (Å²) in [5.74, 6) is 6.19. The van der Waals surface area contributed by atoms with E-state index in [1.807, 2.05) is 6.92 Å². The first-order valence-electron chi connectivity index (χ1n) is 6.11. The van der Waals surface area contributed by atoms with Crippen molar-refractivity contribution in [1.82, 2.24) is 15.2 Å². The van der Waals surface area contributed by atoms with Gasteiger partial charge < -0.3 is 0 Å². The van der Waals surface area contributed by atoms with Gasteiger partial charge in [-0.3, -0.25) is 16.0 Å². The van der Waals surface area contributed by atoms with Gasteiger partial charge in [-0.15, -0.1) is 0 Å². The Bertz CT molecular complexity index is 319. The molecule has 0 aliphatic heterocycles. The van der Waals surface area contributed by atoms with E-state index in [0.29, 0.717) is 12.0 Å². The molecule has 2 atom stereocenters. The molecule has 0 amide bonds. The molecule has 0 bridgehead atoms. The number of nitrogens with zero attached hydrogens (tertiary/aromatic N) is 2. The zero-order valence-corrected chi connectivity index (χ0v) is 10.8. The lowest BCUT2D eigenvalue weighted by Crippen LogP contribution is -2.41. The quantitative estimate of drug-likeness (QED) is 0.570. The van der Waals surface area contributed by atoms with Crippen LogP contribution in [0.1, 0.15) is 38.6 Å². The standard InChI is InChI=1S/C12H24N4/c1-5-9(3)12(14-13)8-11-7-10(4)15-16(11)6-2/h7,9,12,14H,5-6,8,13H2,1-4H3. The van der Waals surface area contributed by atoms with Crippen molar-refractivity contribution in [1.29, 1.82) is 0 Å². The minimum atomic E-state index is 0.325. The Labute approximate surface area is 98.2 Å². The molecule has 92 valence electrons. The summed E-state index contributed by atoms with van der Waals surface area (Å²) in [6, 6.07) is 2.47. The Morgan fingerprint density at radius 3 is 2.69 bits per heavy atom. The second-order valence-corrected chi connectivity index (χ2v) is 4.46. The maximum atomic E-state index is 5.62. The Balaban J connectivity index is 2.76. The predicted octanol–water partition coefficient (Wildman–Crippen LogP) is 1.63. The van der Waals surface area contributed by atoms with Crippen molar-refractivity contribution in [3.63, 3.8) is 0 Å². The van der Waals surface area contributed by atoms with Crippen molar-refractivity contribution in [2.24, 2.45) is 11.8 Å². The Hall–Kier alpha value is -0.870. The molecule has 0 fully saturated rings. The van der Waals surface area contributed by atoms with Crippen LogP contribution in [-0.2, 0) is 13.0 Å². The van der Waals surface area contributed by atoms with E-state index in [0.717, 1.165) is 25.1 Å². The van der Waals surface area contributed by atoms with Crippen LogP contribution >= 0.6 is 0 Å². The van der Waals surface area contributed by atoms with Crippen molar-refractivity contribution < 1.29 is 0 Å². The van der Waals surface area contributed by atoms with Gasteiger partial charge >= 0.3 is 0 Å². The number of hydrazine groups is 1. The van der Waals surface area contributed by atoms with Crippen molar-refractivity contribution >= 4 is 0 Å². The van der Waals surface area contributed by atoms with Gasteiger partial charge in [-0.2, -0.15) is 5.10 Å². The summed E-state index contributed by atoms with van der Waals surface area (Å²) in [6.07, 6.45) is 2.08. The Morgan fingerprint density at radius 2 is 2.19 bits per heavy atom. The van der Waals surface area contributed by atoms with Crippen LogP contribution in [0.25, 0.3) is 0 Å². The SMILES string of the molecule is CCC(C)C(Cc1cc(C)nn1CC)NN. The monoisotopic (exact) mass is 224 g/mol. The Kier molecular flexibility index (Phi) is 4.96. The number of hydrogen-bond donors (Lipinski definition) is 2. The molecule has 0 radical (unpaired) electrons. The van der Waals surface area contributed by atoms with E-state index < -0.39 is 0 Å². The third kappa shape index (κ3) is 3.06. The molecule has 2 unspecified atom stereocenters. The molecule has 0 spiro atoms. The minimum Gasteiger partial charge on any atom is -0.271 e. The molecule has 4 nitrogen and oxygen atoms in total. The fraction of sp³-hybridized carbons (Fsp3) is 0.750. The molecule has 0 saturated heterocycles. The third-order valence-electron chi connectivity index (χ3n) is 3.26. The summed E-state index contributed by atoms with van der Waals surface area (Å²) in [5.41, 5.74) is 5.27. The number of nitrogens with two attached hydrogens (primary N) is 1. The average Bonchev–Trinajstić information content (AvgIpc) is 2.65. The summed E-state index contributed by atoms with van der Waals surface area (Å²) in [5, 5.41) is 4.45. The summed E-state index contributed by atoms with van der Waals surface area (Å²) < 4.78 is 2.06. The fourth-order valence-corrected chi connectivity index (χ4v) is 1.97. The van der Waals surface area contributed by atoms with Crippen LogP contribution in [0.4, 0.5) is 0 Å². The zero-order valence-electron chi connectivity index (χ0n) is 10.8. The van der Waals surface area contributed by atoms with Gasteiger partial charge in [0, 0.05) is 24.7 Å². The van der Waals surface area contributed by atoms with E-state index in [1.165, 1.54) is 5.69 Å². The maximum absolute atomic E-state index is 5.62. The lowest BCUT2D eigenvalue weighted by Gasteiger charge is -2.22. The van der Waals surface area contributed by atoms with Crippen LogP contribution in [-0.4, -0.2) is 15.8 Å². The molecule has 1 aromatic rings. The lowest BCUT2D eigenvalue weighted by atomic mass is 9.95.